The van der Waals surface area contributed by atoms with Gasteiger partial charge in [-0.1, -0.05) is 0 Å². The van der Waals surface area contributed by atoms with Gasteiger partial charge in [-0.15, -0.1) is 0 Å². The van der Waals surface area contributed by atoms with E-state index in [0.717, 1.165) is 0 Å². The fraction of sp³-hybridized carbons (Fsp3) is 1.00. The monoisotopic (exact) mass is 284 g/mol. The lowest BCUT2D eigenvalue weighted by molar-refractivity contribution is -0.248. The van der Waals surface area contributed by atoms with Gasteiger partial charge in [0.15, 0.2) is 6.29 Å². The Morgan fingerprint density at radius 3 is 1.53 bits per heavy atom. The summed E-state index contributed by atoms with van der Waals surface area (Å²) in [5.41, 5.74) is 0. The van der Waals surface area contributed by atoms with Crippen molar-refractivity contribution in [2.75, 3.05) is 26.4 Å². The van der Waals surface area contributed by atoms with Gasteiger partial charge in [-0.2, -0.15) is 0 Å². The highest BCUT2D eigenvalue weighted by Gasteiger charge is 2.14. The van der Waals surface area contributed by atoms with E-state index in [1.54, 1.807) is 13.8 Å². The van der Waals surface area contributed by atoms with Crippen LogP contribution in [0.25, 0.3) is 0 Å². The zero-order chi connectivity index (χ0) is 15.1. The van der Waals surface area contributed by atoms with Gasteiger partial charge in [-0.3, -0.25) is 0 Å². The smallest absolute Gasteiger partial charge is 0.206 e. The zero-order valence-corrected chi connectivity index (χ0v) is 12.0. The quantitative estimate of drug-likeness (QED) is 0.412. The summed E-state index contributed by atoms with van der Waals surface area (Å²) in [7, 11) is 0. The van der Waals surface area contributed by atoms with Gasteiger partial charge in [0, 0.05) is 32.8 Å². The van der Waals surface area contributed by atoms with Crippen LogP contribution in [0.5, 0.6) is 0 Å². The van der Waals surface area contributed by atoms with E-state index < -0.39 is 18.9 Å². The number of hydrogen-bond donors (Lipinski definition) is 4. The molecule has 0 aromatic rings. The molecule has 0 fully saturated rings. The molecule has 7 heteroatoms. The summed E-state index contributed by atoms with van der Waals surface area (Å²) in [6.07, 6.45) is -2.04. The van der Waals surface area contributed by atoms with Gasteiger partial charge in [0.05, 0.1) is 0 Å². The molecule has 0 heterocycles. The van der Waals surface area contributed by atoms with Gasteiger partial charge >= 0.3 is 0 Å². The number of aliphatic hydroxyl groups is 4. The molecule has 0 aromatic heterocycles. The maximum atomic E-state index is 8.85. The summed E-state index contributed by atoms with van der Waals surface area (Å²) in [4.78, 5) is 0. The second-order valence-electron chi connectivity index (χ2n) is 3.47. The highest BCUT2D eigenvalue weighted by molar-refractivity contribution is 4.42. The van der Waals surface area contributed by atoms with Gasteiger partial charge in [0.25, 0.3) is 0 Å². The summed E-state index contributed by atoms with van der Waals surface area (Å²) < 4.78 is 14.1. The van der Waals surface area contributed by atoms with E-state index in [4.69, 9.17) is 25.2 Å². The average molecular weight is 284 g/mol. The Morgan fingerprint density at radius 1 is 0.789 bits per heavy atom. The first kappa shape index (κ1) is 21.0. The first-order valence-electron chi connectivity index (χ1n) is 6.53. The second kappa shape index (κ2) is 15.8. The molecule has 7 nitrogen and oxygen atoms in total. The summed E-state index contributed by atoms with van der Waals surface area (Å²) in [6.45, 7) is 6.61. The van der Waals surface area contributed by atoms with Crippen molar-refractivity contribution in [3.05, 3.63) is 0 Å². The second-order valence-corrected chi connectivity index (χ2v) is 3.47. The Bertz CT molecular complexity index is 158. The third-order valence-electron chi connectivity index (χ3n) is 1.89. The van der Waals surface area contributed by atoms with E-state index in [0.29, 0.717) is 32.7 Å². The highest BCUT2D eigenvalue weighted by atomic mass is 16.7. The molecule has 0 saturated heterocycles. The van der Waals surface area contributed by atoms with Gasteiger partial charge in [-0.05, 0) is 27.2 Å². The molecule has 0 aliphatic heterocycles. The van der Waals surface area contributed by atoms with Crippen LogP contribution in [-0.4, -0.2) is 65.7 Å². The van der Waals surface area contributed by atoms with E-state index in [2.05, 4.69) is 9.47 Å². The SMILES string of the molecule is CCOC(O)C(O)OCC.CCOC(O)CCCO. The van der Waals surface area contributed by atoms with E-state index in [1.165, 1.54) is 0 Å². The van der Waals surface area contributed by atoms with Crippen LogP contribution in [-0.2, 0) is 14.2 Å². The summed E-state index contributed by atoms with van der Waals surface area (Å²) in [5, 5.41) is 34.9. The average Bonchev–Trinajstić information content (AvgIpc) is 2.38. The van der Waals surface area contributed by atoms with Crippen molar-refractivity contribution in [3.63, 3.8) is 0 Å². The Hall–Kier alpha value is -0.280. The minimum absolute atomic E-state index is 0.115. The van der Waals surface area contributed by atoms with E-state index >= 15 is 0 Å². The molecule has 4 N–H and O–H groups in total. The largest absolute Gasteiger partial charge is 0.396 e. The zero-order valence-electron chi connectivity index (χ0n) is 12.0. The van der Waals surface area contributed by atoms with Gasteiger partial charge in [0.1, 0.15) is 0 Å². The van der Waals surface area contributed by atoms with E-state index in [-0.39, 0.29) is 6.61 Å². The molecule has 118 valence electrons. The molecule has 0 aliphatic rings. The first-order chi connectivity index (χ1) is 9.03. The summed E-state index contributed by atoms with van der Waals surface area (Å²) in [5.74, 6) is 0. The normalized spacial score (nSPS) is 15.3. The van der Waals surface area contributed by atoms with Crippen LogP contribution in [0.3, 0.4) is 0 Å². The fourth-order valence-corrected chi connectivity index (χ4v) is 1.05. The van der Waals surface area contributed by atoms with Crippen molar-refractivity contribution in [3.8, 4) is 0 Å². The van der Waals surface area contributed by atoms with Crippen molar-refractivity contribution >= 4 is 0 Å². The maximum absolute atomic E-state index is 8.85. The number of ether oxygens (including phenoxy) is 3. The number of hydrogen-bond acceptors (Lipinski definition) is 7. The molecule has 0 aromatic carbocycles. The Kier molecular flexibility index (Phi) is 17.5. The van der Waals surface area contributed by atoms with Crippen LogP contribution in [0.1, 0.15) is 33.6 Å². The molecule has 3 unspecified atom stereocenters. The topological polar surface area (TPSA) is 109 Å². The van der Waals surface area contributed by atoms with Crippen molar-refractivity contribution < 1.29 is 34.6 Å². The Labute approximate surface area is 114 Å². The molecule has 0 radical (unpaired) electrons. The predicted octanol–water partition coefficient (Wildman–Crippen LogP) is -0.190. The standard InChI is InChI=1S/C6H14O4.C6H14O3/c1-3-9-5(7)6(8)10-4-2;1-2-9-6(8)4-3-5-7/h5-8H,3-4H2,1-2H3;6-8H,2-5H2,1H3. The van der Waals surface area contributed by atoms with Crippen LogP contribution in [0, 0.1) is 0 Å². The third-order valence-corrected chi connectivity index (χ3v) is 1.89. The van der Waals surface area contributed by atoms with Crippen molar-refractivity contribution in [1.82, 2.24) is 0 Å². The van der Waals surface area contributed by atoms with Crippen LogP contribution in [0.4, 0.5) is 0 Å². The molecule has 0 amide bonds. The predicted molar refractivity (Wildman–Crippen MR) is 69.2 cm³/mol. The lowest BCUT2D eigenvalue weighted by Crippen LogP contribution is -2.31. The molecule has 0 rings (SSSR count). The van der Waals surface area contributed by atoms with Gasteiger partial charge < -0.3 is 34.6 Å². The summed E-state index contributed by atoms with van der Waals surface area (Å²) in [6, 6.07) is 0. The minimum Gasteiger partial charge on any atom is -0.396 e. The third kappa shape index (κ3) is 15.7. The van der Waals surface area contributed by atoms with E-state index in [1.807, 2.05) is 6.92 Å². The molecule has 0 spiro atoms. The molecule has 0 aliphatic carbocycles. The maximum Gasteiger partial charge on any atom is 0.206 e. The molecular formula is C12H28O7. The number of aliphatic hydroxyl groups excluding tert-OH is 4. The van der Waals surface area contributed by atoms with Crippen LogP contribution < -0.4 is 0 Å². The lowest BCUT2D eigenvalue weighted by atomic mass is 10.3. The number of rotatable bonds is 10. The Morgan fingerprint density at radius 2 is 1.21 bits per heavy atom. The van der Waals surface area contributed by atoms with Crippen molar-refractivity contribution in [2.24, 2.45) is 0 Å². The fourth-order valence-electron chi connectivity index (χ4n) is 1.05. The molecule has 0 saturated carbocycles. The van der Waals surface area contributed by atoms with Crippen LogP contribution in [0.2, 0.25) is 0 Å². The minimum atomic E-state index is -1.23. The van der Waals surface area contributed by atoms with Gasteiger partial charge in [0.2, 0.25) is 12.6 Å². The summed E-state index contributed by atoms with van der Waals surface area (Å²) >= 11 is 0. The van der Waals surface area contributed by atoms with Crippen LogP contribution >= 0.6 is 0 Å². The lowest BCUT2D eigenvalue weighted by Gasteiger charge is -2.16. The molecule has 0 bridgehead atoms. The van der Waals surface area contributed by atoms with Crippen molar-refractivity contribution in [1.29, 1.82) is 0 Å². The Balaban J connectivity index is 0. The van der Waals surface area contributed by atoms with Crippen LogP contribution in [0.15, 0.2) is 0 Å². The van der Waals surface area contributed by atoms with Gasteiger partial charge in [-0.25, -0.2) is 0 Å². The highest BCUT2D eigenvalue weighted by Crippen LogP contribution is 1.97. The van der Waals surface area contributed by atoms with Crippen molar-refractivity contribution in [2.45, 2.75) is 52.5 Å². The molecule has 3 atom stereocenters. The molecular weight excluding hydrogens is 256 g/mol. The first-order valence-corrected chi connectivity index (χ1v) is 6.53. The van der Waals surface area contributed by atoms with E-state index in [9.17, 15) is 0 Å². The molecule has 19 heavy (non-hydrogen) atoms.